The van der Waals surface area contributed by atoms with E-state index < -0.39 is 36.3 Å². The minimum atomic E-state index is -0.636. The van der Waals surface area contributed by atoms with Crippen molar-refractivity contribution >= 4 is 29.5 Å². The van der Waals surface area contributed by atoms with Crippen LogP contribution in [0.4, 0.5) is 25.4 Å². The molecular formula is C21H29FN4O6. The van der Waals surface area contributed by atoms with Crippen LogP contribution >= 0.6 is 0 Å². The molecule has 0 saturated carbocycles. The number of aliphatic hydroxyl groups is 1. The van der Waals surface area contributed by atoms with Crippen molar-refractivity contribution in [3.63, 3.8) is 0 Å². The lowest BCUT2D eigenvalue weighted by Crippen LogP contribution is -2.49. The number of piperazine rings is 1. The topological polar surface area (TPSA) is 112 Å². The van der Waals surface area contributed by atoms with E-state index in [2.05, 4.69) is 5.32 Å². The Morgan fingerprint density at radius 3 is 2.53 bits per heavy atom. The molecule has 2 fully saturated rings. The van der Waals surface area contributed by atoms with Crippen LogP contribution < -0.4 is 15.1 Å². The van der Waals surface area contributed by atoms with Gasteiger partial charge in [0.25, 0.3) is 0 Å². The van der Waals surface area contributed by atoms with Crippen molar-refractivity contribution in [2.75, 3.05) is 55.7 Å². The second-order valence-corrected chi connectivity index (χ2v) is 8.66. The summed E-state index contributed by atoms with van der Waals surface area (Å²) < 4.78 is 25.3. The van der Waals surface area contributed by atoms with Crippen LogP contribution in [0.15, 0.2) is 18.2 Å². The molecule has 0 bridgehead atoms. The van der Waals surface area contributed by atoms with Crippen molar-refractivity contribution in [1.29, 1.82) is 0 Å². The second-order valence-electron chi connectivity index (χ2n) is 8.66. The lowest BCUT2D eigenvalue weighted by Gasteiger charge is -2.36. The van der Waals surface area contributed by atoms with Gasteiger partial charge in [0.15, 0.2) is 0 Å². The zero-order valence-electron chi connectivity index (χ0n) is 18.5. The molecule has 2 heterocycles. The van der Waals surface area contributed by atoms with E-state index in [4.69, 9.17) is 14.6 Å². The molecule has 0 aromatic heterocycles. The van der Waals surface area contributed by atoms with Crippen molar-refractivity contribution in [1.82, 2.24) is 10.2 Å². The highest BCUT2D eigenvalue weighted by Crippen LogP contribution is 2.28. The number of anilines is 2. The number of rotatable bonds is 5. The van der Waals surface area contributed by atoms with Gasteiger partial charge in [0, 0.05) is 26.2 Å². The minimum Gasteiger partial charge on any atom is -0.444 e. The predicted octanol–water partition coefficient (Wildman–Crippen LogP) is 1.32. The number of hydrogen-bond donors (Lipinski definition) is 2. The minimum absolute atomic E-state index is 0.0779. The maximum Gasteiger partial charge on any atom is 0.414 e. The van der Waals surface area contributed by atoms with Crippen LogP contribution in [0.1, 0.15) is 20.8 Å². The predicted molar refractivity (Wildman–Crippen MR) is 114 cm³/mol. The van der Waals surface area contributed by atoms with Gasteiger partial charge in [-0.25, -0.2) is 14.0 Å². The van der Waals surface area contributed by atoms with Crippen molar-refractivity contribution in [2.45, 2.75) is 32.5 Å². The van der Waals surface area contributed by atoms with E-state index in [-0.39, 0.29) is 19.0 Å². The molecule has 0 unspecified atom stereocenters. The third-order valence-electron chi connectivity index (χ3n) is 5.10. The molecule has 2 aliphatic heterocycles. The summed E-state index contributed by atoms with van der Waals surface area (Å²) in [6.45, 7) is 6.60. The van der Waals surface area contributed by atoms with Crippen LogP contribution in [0.3, 0.4) is 0 Å². The molecule has 10 nitrogen and oxygen atoms in total. The summed E-state index contributed by atoms with van der Waals surface area (Å²) in [6, 6.07) is 4.49. The van der Waals surface area contributed by atoms with E-state index in [1.165, 1.54) is 15.9 Å². The number of halogens is 1. The van der Waals surface area contributed by atoms with Gasteiger partial charge < -0.3 is 29.7 Å². The molecule has 2 N–H and O–H groups in total. The van der Waals surface area contributed by atoms with E-state index in [0.29, 0.717) is 37.6 Å². The van der Waals surface area contributed by atoms with Gasteiger partial charge in [0.05, 0.1) is 24.5 Å². The number of nitrogens with one attached hydrogen (secondary N) is 1. The lowest BCUT2D eigenvalue weighted by atomic mass is 10.2. The summed E-state index contributed by atoms with van der Waals surface area (Å²) in [5, 5.41) is 11.5. The maximum absolute atomic E-state index is 14.8. The summed E-state index contributed by atoms with van der Waals surface area (Å²) in [6.07, 6.45) is -1.82. The summed E-state index contributed by atoms with van der Waals surface area (Å²) in [4.78, 5) is 40.3. The highest BCUT2D eigenvalue weighted by Gasteiger charge is 2.33. The number of alkyl carbamates (subject to hydrolysis) is 1. The van der Waals surface area contributed by atoms with E-state index in [0.717, 1.165) is 0 Å². The van der Waals surface area contributed by atoms with Crippen LogP contribution in [0.25, 0.3) is 0 Å². The average Bonchev–Trinajstić information content (AvgIpc) is 3.11. The number of nitrogens with zero attached hydrogens (tertiary/aromatic N) is 3. The third-order valence-corrected chi connectivity index (χ3v) is 5.10. The largest absolute Gasteiger partial charge is 0.444 e. The fourth-order valence-electron chi connectivity index (χ4n) is 3.57. The van der Waals surface area contributed by atoms with Crippen LogP contribution in [-0.2, 0) is 14.3 Å². The Balaban J connectivity index is 1.57. The fourth-order valence-corrected chi connectivity index (χ4v) is 3.57. The first-order chi connectivity index (χ1) is 15.1. The average molecular weight is 452 g/mol. The van der Waals surface area contributed by atoms with E-state index in [1.54, 1.807) is 32.9 Å². The molecule has 1 aromatic rings. The zero-order chi connectivity index (χ0) is 23.5. The van der Waals surface area contributed by atoms with E-state index in [1.807, 2.05) is 4.90 Å². The summed E-state index contributed by atoms with van der Waals surface area (Å²) in [5.74, 6) is -0.837. The first-order valence-electron chi connectivity index (χ1n) is 10.5. The van der Waals surface area contributed by atoms with Gasteiger partial charge in [-0.15, -0.1) is 0 Å². The van der Waals surface area contributed by atoms with Gasteiger partial charge in [-0.2, -0.15) is 0 Å². The number of carbonyl (C=O) groups is 3. The monoisotopic (exact) mass is 452 g/mol. The molecule has 3 rings (SSSR count). The maximum atomic E-state index is 14.8. The van der Waals surface area contributed by atoms with Crippen LogP contribution in [-0.4, -0.2) is 85.7 Å². The molecule has 2 aliphatic rings. The molecule has 0 spiro atoms. The lowest BCUT2D eigenvalue weighted by molar-refractivity contribution is -0.134. The molecule has 11 heteroatoms. The fraction of sp³-hybridized carbons (Fsp3) is 0.571. The van der Waals surface area contributed by atoms with Crippen LogP contribution in [0, 0.1) is 5.82 Å². The molecule has 1 atom stereocenters. The standard InChI is InChI=1S/C21H29FN4O6/c1-21(2,3)32-19(29)23-11-15-12-26(20(30)31-15)14-4-5-17(16(22)10-14)24-6-8-25(9-7-24)18(28)13-27/h4-5,10,15,27H,6-9,11-13H2,1-3H3,(H,23,29)/t15-/m0/s1. The molecule has 2 saturated heterocycles. The SMILES string of the molecule is CC(C)(C)OC(=O)NC[C@H]1CN(c2ccc(N3CCN(C(=O)CO)CC3)c(F)c2)C(=O)O1. The van der Waals surface area contributed by atoms with Crippen molar-refractivity contribution in [2.24, 2.45) is 0 Å². The molecule has 1 aromatic carbocycles. The van der Waals surface area contributed by atoms with Gasteiger partial charge in [-0.1, -0.05) is 0 Å². The Morgan fingerprint density at radius 2 is 1.94 bits per heavy atom. The Bertz CT molecular complexity index is 866. The van der Waals surface area contributed by atoms with Crippen molar-refractivity contribution in [3.8, 4) is 0 Å². The van der Waals surface area contributed by atoms with Gasteiger partial charge in [-0.3, -0.25) is 9.69 Å². The molecule has 0 aliphatic carbocycles. The summed E-state index contributed by atoms with van der Waals surface area (Å²) in [7, 11) is 0. The van der Waals surface area contributed by atoms with Crippen LogP contribution in [0.5, 0.6) is 0 Å². The van der Waals surface area contributed by atoms with E-state index >= 15 is 0 Å². The quantitative estimate of drug-likeness (QED) is 0.693. The smallest absolute Gasteiger partial charge is 0.414 e. The molecule has 0 radical (unpaired) electrons. The molecule has 3 amide bonds. The van der Waals surface area contributed by atoms with E-state index in [9.17, 15) is 18.8 Å². The number of cyclic esters (lactones) is 1. The Morgan fingerprint density at radius 1 is 1.25 bits per heavy atom. The Kier molecular flexibility index (Phi) is 7.07. The molecule has 32 heavy (non-hydrogen) atoms. The second kappa shape index (κ2) is 9.60. The molecular weight excluding hydrogens is 423 g/mol. The summed E-state index contributed by atoms with van der Waals surface area (Å²) >= 11 is 0. The van der Waals surface area contributed by atoms with Crippen molar-refractivity contribution < 1.29 is 33.4 Å². The summed E-state index contributed by atoms with van der Waals surface area (Å²) in [5.41, 5.74) is 0.0913. The van der Waals surface area contributed by atoms with Gasteiger partial charge in [-0.05, 0) is 39.0 Å². The Labute approximate surface area is 185 Å². The number of benzene rings is 1. The molecule has 176 valence electrons. The number of hydrogen-bond acceptors (Lipinski definition) is 7. The first-order valence-corrected chi connectivity index (χ1v) is 10.5. The normalized spacial score (nSPS) is 19.1. The number of ether oxygens (including phenoxy) is 2. The van der Waals surface area contributed by atoms with Gasteiger partial charge in [0.2, 0.25) is 5.91 Å². The van der Waals surface area contributed by atoms with Gasteiger partial charge >= 0.3 is 12.2 Å². The first kappa shape index (κ1) is 23.6. The Hall–Kier alpha value is -3.08. The highest BCUT2D eigenvalue weighted by atomic mass is 19.1. The number of amides is 3. The van der Waals surface area contributed by atoms with Crippen molar-refractivity contribution in [3.05, 3.63) is 24.0 Å². The zero-order valence-corrected chi connectivity index (χ0v) is 18.5. The highest BCUT2D eigenvalue weighted by molar-refractivity contribution is 5.90. The number of aliphatic hydroxyl groups excluding tert-OH is 1. The third kappa shape index (κ3) is 5.78. The van der Waals surface area contributed by atoms with Crippen LogP contribution in [0.2, 0.25) is 0 Å². The number of carbonyl (C=O) groups excluding carboxylic acids is 3. The van der Waals surface area contributed by atoms with Gasteiger partial charge in [0.1, 0.15) is 24.1 Å².